The van der Waals surface area contributed by atoms with Crippen LogP contribution < -0.4 is 10.6 Å². The molecule has 1 unspecified atom stereocenters. The molecule has 2 heterocycles. The number of rotatable bonds is 5. The summed E-state index contributed by atoms with van der Waals surface area (Å²) in [6.45, 7) is 0.442. The zero-order valence-electron chi connectivity index (χ0n) is 12.7. The molecule has 1 aromatic carbocycles. The van der Waals surface area contributed by atoms with Gasteiger partial charge in [0, 0.05) is 25.4 Å². The van der Waals surface area contributed by atoms with Crippen molar-refractivity contribution in [2.75, 3.05) is 0 Å². The highest BCUT2D eigenvalue weighted by atomic mass is 32.2. The molecule has 1 aliphatic rings. The zero-order valence-corrected chi connectivity index (χ0v) is 13.5. The van der Waals surface area contributed by atoms with Crippen LogP contribution in [0.3, 0.4) is 0 Å². The summed E-state index contributed by atoms with van der Waals surface area (Å²) in [5, 5.41) is 5.37. The van der Waals surface area contributed by atoms with Crippen molar-refractivity contribution >= 4 is 34.7 Å². The Morgan fingerprint density at radius 2 is 1.96 bits per heavy atom. The van der Waals surface area contributed by atoms with Crippen LogP contribution in [0.2, 0.25) is 0 Å². The molecular weight excluding hydrogens is 326 g/mol. The van der Waals surface area contributed by atoms with Crippen molar-refractivity contribution in [1.29, 1.82) is 0 Å². The highest BCUT2D eigenvalue weighted by Crippen LogP contribution is 2.23. The van der Waals surface area contributed by atoms with Gasteiger partial charge < -0.3 is 10.6 Å². The number of benzene rings is 1. The molecule has 0 bridgehead atoms. The Balaban J connectivity index is 1.53. The summed E-state index contributed by atoms with van der Waals surface area (Å²) in [4.78, 5) is 36.1. The number of amides is 2. The summed E-state index contributed by atoms with van der Waals surface area (Å²) in [5.74, 6) is -0.136. The minimum Gasteiger partial charge on any atom is -0.352 e. The average Bonchev–Trinajstić information content (AvgIpc) is 2.94. The molecule has 0 aliphatic carbocycles. The lowest BCUT2D eigenvalue weighted by Gasteiger charge is -2.07. The van der Waals surface area contributed by atoms with E-state index in [2.05, 4.69) is 25.6 Å². The monoisotopic (exact) mass is 341 g/mol. The van der Waals surface area contributed by atoms with E-state index < -0.39 is 5.25 Å². The molecule has 1 saturated heterocycles. The van der Waals surface area contributed by atoms with E-state index in [9.17, 15) is 9.59 Å². The SMILES string of the molecule is O=C(CC1S/C(=N\c2ncccn2)NC1=O)NCc1ccccc1. The molecule has 1 aliphatic heterocycles. The second kappa shape index (κ2) is 7.69. The number of nitrogens with one attached hydrogen (secondary N) is 2. The van der Waals surface area contributed by atoms with E-state index in [-0.39, 0.29) is 24.2 Å². The average molecular weight is 341 g/mol. The van der Waals surface area contributed by atoms with E-state index in [0.717, 1.165) is 5.56 Å². The highest BCUT2D eigenvalue weighted by Gasteiger charge is 2.32. The van der Waals surface area contributed by atoms with Crippen LogP contribution in [0.4, 0.5) is 5.95 Å². The van der Waals surface area contributed by atoms with Crippen LogP contribution in [0.15, 0.2) is 53.8 Å². The molecule has 3 rings (SSSR count). The first-order valence-corrected chi connectivity index (χ1v) is 8.22. The number of amidine groups is 1. The summed E-state index contributed by atoms with van der Waals surface area (Å²) in [6, 6.07) is 11.3. The fraction of sp³-hybridized carbons (Fsp3) is 0.188. The molecule has 7 nitrogen and oxygen atoms in total. The number of thioether (sulfide) groups is 1. The number of carbonyl (C=O) groups is 2. The van der Waals surface area contributed by atoms with E-state index in [0.29, 0.717) is 11.7 Å². The first kappa shape index (κ1) is 16.1. The van der Waals surface area contributed by atoms with Crippen molar-refractivity contribution < 1.29 is 9.59 Å². The van der Waals surface area contributed by atoms with Gasteiger partial charge in [-0.1, -0.05) is 42.1 Å². The van der Waals surface area contributed by atoms with Crippen molar-refractivity contribution in [2.24, 2.45) is 4.99 Å². The van der Waals surface area contributed by atoms with Crippen LogP contribution in [0.5, 0.6) is 0 Å². The van der Waals surface area contributed by atoms with Gasteiger partial charge in [-0.2, -0.15) is 4.99 Å². The van der Waals surface area contributed by atoms with E-state index in [1.54, 1.807) is 18.5 Å². The van der Waals surface area contributed by atoms with E-state index in [1.807, 2.05) is 30.3 Å². The predicted molar refractivity (Wildman–Crippen MR) is 91.6 cm³/mol. The number of aromatic nitrogens is 2. The molecular formula is C16H15N5O2S. The first-order chi connectivity index (χ1) is 11.7. The summed E-state index contributed by atoms with van der Waals surface area (Å²) >= 11 is 1.21. The fourth-order valence-electron chi connectivity index (χ4n) is 2.07. The smallest absolute Gasteiger partial charge is 0.251 e. The van der Waals surface area contributed by atoms with Gasteiger partial charge in [0.2, 0.25) is 11.8 Å². The van der Waals surface area contributed by atoms with Crippen molar-refractivity contribution in [3.05, 3.63) is 54.4 Å². The molecule has 1 aromatic heterocycles. The topological polar surface area (TPSA) is 96.3 Å². The molecule has 0 spiro atoms. The molecule has 1 atom stereocenters. The molecule has 0 radical (unpaired) electrons. The van der Waals surface area contributed by atoms with Crippen LogP contribution in [0.1, 0.15) is 12.0 Å². The summed E-state index contributed by atoms with van der Waals surface area (Å²) in [6.07, 6.45) is 3.24. The molecule has 8 heteroatoms. The Kier molecular flexibility index (Phi) is 5.17. The highest BCUT2D eigenvalue weighted by molar-refractivity contribution is 8.15. The van der Waals surface area contributed by atoms with E-state index in [4.69, 9.17) is 0 Å². The van der Waals surface area contributed by atoms with Crippen molar-refractivity contribution in [1.82, 2.24) is 20.6 Å². The minimum absolute atomic E-state index is 0.0952. The Morgan fingerprint density at radius 3 is 2.71 bits per heavy atom. The normalized spacial score (nSPS) is 18.4. The van der Waals surface area contributed by atoms with Gasteiger partial charge in [0.25, 0.3) is 5.95 Å². The zero-order chi connectivity index (χ0) is 16.8. The van der Waals surface area contributed by atoms with Gasteiger partial charge in [0.15, 0.2) is 5.17 Å². The second-order valence-electron chi connectivity index (χ2n) is 5.03. The van der Waals surface area contributed by atoms with E-state index in [1.165, 1.54) is 11.8 Å². The number of aliphatic imine (C=N–C) groups is 1. The third-order valence-electron chi connectivity index (χ3n) is 3.23. The van der Waals surface area contributed by atoms with Gasteiger partial charge in [-0.15, -0.1) is 0 Å². The molecule has 0 saturated carbocycles. The molecule has 24 heavy (non-hydrogen) atoms. The van der Waals surface area contributed by atoms with Gasteiger partial charge in [-0.25, -0.2) is 9.97 Å². The first-order valence-electron chi connectivity index (χ1n) is 7.34. The van der Waals surface area contributed by atoms with Gasteiger partial charge in [-0.3, -0.25) is 9.59 Å². The number of hydrogen-bond acceptors (Lipinski definition) is 6. The second-order valence-corrected chi connectivity index (χ2v) is 6.22. The van der Waals surface area contributed by atoms with Crippen LogP contribution in [-0.4, -0.2) is 32.2 Å². The summed E-state index contributed by atoms with van der Waals surface area (Å²) in [5.41, 5.74) is 1.01. The van der Waals surface area contributed by atoms with Gasteiger partial charge >= 0.3 is 0 Å². The van der Waals surface area contributed by atoms with Crippen molar-refractivity contribution in [3.63, 3.8) is 0 Å². The van der Waals surface area contributed by atoms with Gasteiger partial charge in [0.05, 0.1) is 0 Å². The standard InChI is InChI=1S/C16H15N5O2S/c22-13(19-10-11-5-2-1-3-6-11)9-12-14(23)20-16(24-12)21-15-17-7-4-8-18-15/h1-8,12H,9-10H2,(H,19,22)(H,17,18,20,21,23). The van der Waals surface area contributed by atoms with Crippen LogP contribution in [-0.2, 0) is 16.1 Å². The Bertz CT molecular complexity index is 752. The Labute approximate surface area is 143 Å². The third kappa shape index (κ3) is 4.39. The molecule has 2 aromatic rings. The molecule has 1 fully saturated rings. The molecule has 2 N–H and O–H groups in total. The van der Waals surface area contributed by atoms with Gasteiger partial charge in [-0.05, 0) is 11.6 Å². The maximum atomic E-state index is 12.0. The lowest BCUT2D eigenvalue weighted by atomic mass is 10.2. The number of hydrogen-bond donors (Lipinski definition) is 2. The van der Waals surface area contributed by atoms with Crippen LogP contribution >= 0.6 is 11.8 Å². The summed E-state index contributed by atoms with van der Waals surface area (Å²) in [7, 11) is 0. The van der Waals surface area contributed by atoms with Gasteiger partial charge in [0.1, 0.15) is 5.25 Å². The number of carbonyl (C=O) groups excluding carboxylic acids is 2. The van der Waals surface area contributed by atoms with Crippen molar-refractivity contribution in [3.8, 4) is 0 Å². The maximum absolute atomic E-state index is 12.0. The summed E-state index contributed by atoms with van der Waals surface area (Å²) < 4.78 is 0. The van der Waals surface area contributed by atoms with Crippen LogP contribution in [0, 0.1) is 0 Å². The van der Waals surface area contributed by atoms with E-state index >= 15 is 0 Å². The fourth-order valence-corrected chi connectivity index (χ4v) is 3.03. The lowest BCUT2D eigenvalue weighted by Crippen LogP contribution is -2.31. The molecule has 2 amide bonds. The number of nitrogens with zero attached hydrogens (tertiary/aromatic N) is 3. The predicted octanol–water partition coefficient (Wildman–Crippen LogP) is 1.40. The minimum atomic E-state index is -0.497. The maximum Gasteiger partial charge on any atom is 0.251 e. The quantitative estimate of drug-likeness (QED) is 0.857. The molecule has 122 valence electrons. The Hall–Kier alpha value is -2.74. The van der Waals surface area contributed by atoms with Crippen LogP contribution in [0.25, 0.3) is 0 Å². The largest absolute Gasteiger partial charge is 0.352 e. The van der Waals surface area contributed by atoms with Crippen molar-refractivity contribution in [2.45, 2.75) is 18.2 Å². The third-order valence-corrected chi connectivity index (χ3v) is 4.32. The Morgan fingerprint density at radius 1 is 1.21 bits per heavy atom. The lowest BCUT2D eigenvalue weighted by molar-refractivity contribution is -0.125.